The van der Waals surface area contributed by atoms with Crippen molar-refractivity contribution < 1.29 is 9.59 Å². The Bertz CT molecular complexity index is 570. The van der Waals surface area contributed by atoms with Crippen LogP contribution in [0.1, 0.15) is 24.0 Å². The van der Waals surface area contributed by atoms with E-state index in [1.54, 1.807) is 0 Å². The minimum Gasteiger partial charge on any atom is -0.340 e. The summed E-state index contributed by atoms with van der Waals surface area (Å²) in [6, 6.07) is 8.31. The van der Waals surface area contributed by atoms with Gasteiger partial charge in [0.25, 0.3) is 0 Å². The topological polar surface area (TPSA) is 52.7 Å². The van der Waals surface area contributed by atoms with E-state index < -0.39 is 0 Å². The average Bonchev–Trinajstić information content (AvgIpc) is 2.57. The number of hydrogen-bond acceptors (Lipinski definition) is 3. The van der Waals surface area contributed by atoms with Crippen molar-refractivity contribution in [2.24, 2.45) is 0 Å². The first-order valence-electron chi connectivity index (χ1n) is 8.47. The molecule has 5 nitrogen and oxygen atoms in total. The highest BCUT2D eigenvalue weighted by atomic mass is 16.2. The maximum absolute atomic E-state index is 12.6. The monoisotopic (exact) mass is 315 g/mol. The zero-order chi connectivity index (χ0) is 16.2. The summed E-state index contributed by atoms with van der Waals surface area (Å²) >= 11 is 0. The second-order valence-corrected chi connectivity index (χ2v) is 6.56. The van der Waals surface area contributed by atoms with E-state index in [1.165, 1.54) is 5.56 Å². The lowest BCUT2D eigenvalue weighted by atomic mass is 10.0. The summed E-state index contributed by atoms with van der Waals surface area (Å²) in [5, 5.41) is 3.10. The normalized spacial score (nSPS) is 22.3. The van der Waals surface area contributed by atoms with Gasteiger partial charge in [0.15, 0.2) is 0 Å². The fourth-order valence-corrected chi connectivity index (χ4v) is 3.44. The van der Waals surface area contributed by atoms with Crippen molar-refractivity contribution in [3.8, 4) is 0 Å². The molecule has 2 aliphatic rings. The standard InChI is InChI=1S/C18H25N3O2/c1-14-4-6-15(7-5-14)11-17(22)20-9-2-3-16(13-20)21-10-8-19-12-18(21)23/h4-7,16,19H,2-3,8-13H2,1H3. The molecule has 2 amide bonds. The molecule has 2 saturated heterocycles. The van der Waals surface area contributed by atoms with Gasteiger partial charge in [-0.15, -0.1) is 0 Å². The molecule has 1 N–H and O–H groups in total. The van der Waals surface area contributed by atoms with Gasteiger partial charge in [0.1, 0.15) is 0 Å². The second kappa shape index (κ2) is 7.13. The van der Waals surface area contributed by atoms with Gasteiger partial charge in [0.2, 0.25) is 11.8 Å². The molecule has 0 aromatic heterocycles. The number of likely N-dealkylation sites (tertiary alicyclic amines) is 1. The molecule has 0 saturated carbocycles. The molecule has 124 valence electrons. The molecule has 1 unspecified atom stereocenters. The van der Waals surface area contributed by atoms with Crippen LogP contribution in [0.3, 0.4) is 0 Å². The smallest absolute Gasteiger partial charge is 0.236 e. The summed E-state index contributed by atoms with van der Waals surface area (Å²) in [6.45, 7) is 5.56. The molecule has 1 aromatic carbocycles. The minimum absolute atomic E-state index is 0.161. The molecule has 0 spiro atoms. The van der Waals surface area contributed by atoms with Crippen LogP contribution in [0, 0.1) is 6.92 Å². The predicted octanol–water partition coefficient (Wildman–Crippen LogP) is 0.960. The summed E-state index contributed by atoms with van der Waals surface area (Å²) in [5.74, 6) is 0.329. The van der Waals surface area contributed by atoms with E-state index in [-0.39, 0.29) is 17.9 Å². The van der Waals surface area contributed by atoms with Gasteiger partial charge in [-0.3, -0.25) is 9.59 Å². The number of carbonyl (C=O) groups excluding carboxylic acids is 2. The van der Waals surface area contributed by atoms with Gasteiger partial charge in [-0.1, -0.05) is 29.8 Å². The van der Waals surface area contributed by atoms with Crippen LogP contribution in [0.2, 0.25) is 0 Å². The second-order valence-electron chi connectivity index (χ2n) is 6.56. The molecule has 0 radical (unpaired) electrons. The highest BCUT2D eigenvalue weighted by Gasteiger charge is 2.31. The van der Waals surface area contributed by atoms with E-state index in [0.29, 0.717) is 19.5 Å². The lowest BCUT2D eigenvalue weighted by Gasteiger charge is -2.41. The van der Waals surface area contributed by atoms with Crippen molar-refractivity contribution in [2.45, 2.75) is 32.2 Å². The number of nitrogens with one attached hydrogen (secondary N) is 1. The Morgan fingerprint density at radius 1 is 1.26 bits per heavy atom. The first kappa shape index (κ1) is 16.0. The molecule has 1 atom stereocenters. The molecule has 2 aliphatic heterocycles. The Labute approximate surface area is 137 Å². The molecule has 23 heavy (non-hydrogen) atoms. The van der Waals surface area contributed by atoms with Crippen LogP contribution in [-0.2, 0) is 16.0 Å². The van der Waals surface area contributed by atoms with Gasteiger partial charge in [-0.2, -0.15) is 0 Å². The van der Waals surface area contributed by atoms with Crippen molar-refractivity contribution in [1.82, 2.24) is 15.1 Å². The van der Waals surface area contributed by atoms with Crippen LogP contribution < -0.4 is 5.32 Å². The molecule has 2 heterocycles. The predicted molar refractivity (Wildman–Crippen MR) is 89.1 cm³/mol. The van der Waals surface area contributed by atoms with Crippen LogP contribution in [0.4, 0.5) is 0 Å². The SMILES string of the molecule is Cc1ccc(CC(=O)N2CCCC(N3CCNCC3=O)C2)cc1. The van der Waals surface area contributed by atoms with Crippen molar-refractivity contribution in [2.75, 3.05) is 32.7 Å². The van der Waals surface area contributed by atoms with Gasteiger partial charge in [-0.25, -0.2) is 0 Å². The lowest BCUT2D eigenvalue weighted by Crippen LogP contribution is -2.57. The van der Waals surface area contributed by atoms with Crippen molar-refractivity contribution >= 4 is 11.8 Å². The molecule has 5 heteroatoms. The highest BCUT2D eigenvalue weighted by Crippen LogP contribution is 2.18. The van der Waals surface area contributed by atoms with E-state index in [9.17, 15) is 9.59 Å². The fraction of sp³-hybridized carbons (Fsp3) is 0.556. The zero-order valence-corrected chi connectivity index (χ0v) is 13.8. The molecule has 0 aliphatic carbocycles. The molecule has 1 aromatic rings. The summed E-state index contributed by atoms with van der Waals surface area (Å²) in [6.07, 6.45) is 2.42. The van der Waals surface area contributed by atoms with E-state index >= 15 is 0 Å². The van der Waals surface area contributed by atoms with E-state index in [0.717, 1.165) is 38.0 Å². The maximum Gasteiger partial charge on any atom is 0.236 e. The largest absolute Gasteiger partial charge is 0.340 e. The van der Waals surface area contributed by atoms with Crippen LogP contribution >= 0.6 is 0 Å². The summed E-state index contributed by atoms with van der Waals surface area (Å²) in [4.78, 5) is 28.5. The number of benzene rings is 1. The Kier molecular flexibility index (Phi) is 4.96. The van der Waals surface area contributed by atoms with E-state index in [4.69, 9.17) is 0 Å². The Morgan fingerprint density at radius 3 is 2.78 bits per heavy atom. The quantitative estimate of drug-likeness (QED) is 0.904. The van der Waals surface area contributed by atoms with Gasteiger partial charge < -0.3 is 15.1 Å². The Balaban J connectivity index is 1.60. The van der Waals surface area contributed by atoms with Gasteiger partial charge in [0.05, 0.1) is 13.0 Å². The van der Waals surface area contributed by atoms with Crippen molar-refractivity contribution in [3.63, 3.8) is 0 Å². The number of amides is 2. The average molecular weight is 315 g/mol. The molecule has 3 rings (SSSR count). The van der Waals surface area contributed by atoms with E-state index in [1.807, 2.05) is 41.0 Å². The summed E-state index contributed by atoms with van der Waals surface area (Å²) < 4.78 is 0. The number of hydrogen-bond donors (Lipinski definition) is 1. The summed E-state index contributed by atoms with van der Waals surface area (Å²) in [5.41, 5.74) is 2.26. The Morgan fingerprint density at radius 2 is 2.04 bits per heavy atom. The highest BCUT2D eigenvalue weighted by molar-refractivity contribution is 5.80. The van der Waals surface area contributed by atoms with Crippen LogP contribution in [0.25, 0.3) is 0 Å². The van der Waals surface area contributed by atoms with Gasteiger partial charge in [-0.05, 0) is 25.3 Å². The first-order valence-corrected chi connectivity index (χ1v) is 8.47. The number of piperidine rings is 1. The number of piperazine rings is 1. The summed E-state index contributed by atoms with van der Waals surface area (Å²) in [7, 11) is 0. The number of nitrogens with zero attached hydrogens (tertiary/aromatic N) is 2. The van der Waals surface area contributed by atoms with Crippen LogP contribution in [-0.4, -0.2) is 60.4 Å². The number of aryl methyl sites for hydroxylation is 1. The van der Waals surface area contributed by atoms with Crippen LogP contribution in [0.5, 0.6) is 0 Å². The molecular weight excluding hydrogens is 290 g/mol. The van der Waals surface area contributed by atoms with E-state index in [2.05, 4.69) is 5.32 Å². The lowest BCUT2D eigenvalue weighted by molar-refractivity contribution is -0.140. The van der Waals surface area contributed by atoms with Crippen LogP contribution in [0.15, 0.2) is 24.3 Å². The zero-order valence-electron chi connectivity index (χ0n) is 13.8. The number of carbonyl (C=O) groups is 2. The maximum atomic E-state index is 12.6. The molecule has 0 bridgehead atoms. The number of rotatable bonds is 3. The molecule has 2 fully saturated rings. The third-order valence-electron chi connectivity index (χ3n) is 4.79. The van der Waals surface area contributed by atoms with Crippen molar-refractivity contribution in [1.29, 1.82) is 0 Å². The van der Waals surface area contributed by atoms with Gasteiger partial charge >= 0.3 is 0 Å². The Hall–Kier alpha value is -1.88. The third kappa shape index (κ3) is 3.91. The fourth-order valence-electron chi connectivity index (χ4n) is 3.44. The third-order valence-corrected chi connectivity index (χ3v) is 4.79. The molecular formula is C18H25N3O2. The van der Waals surface area contributed by atoms with Gasteiger partial charge in [0, 0.05) is 32.2 Å². The van der Waals surface area contributed by atoms with Crippen molar-refractivity contribution in [3.05, 3.63) is 35.4 Å². The minimum atomic E-state index is 0.161. The first-order chi connectivity index (χ1) is 11.1.